The Morgan fingerprint density at radius 3 is 2.69 bits per heavy atom. The second-order valence-corrected chi connectivity index (χ2v) is 7.21. The molecule has 1 aromatic heterocycles. The van der Waals surface area contributed by atoms with E-state index < -0.39 is 0 Å². The van der Waals surface area contributed by atoms with Crippen molar-refractivity contribution in [1.82, 2.24) is 19.8 Å². The predicted molar refractivity (Wildman–Crippen MR) is 103 cm³/mol. The standard InChI is InChI=1S/C21H28N4O/c1-16-18(21(26)24(2)3)15-22-20(23-16)19-11-7-8-13-25(19)14-12-17-9-5-4-6-10-17/h4-6,9-10,15,19H,7-8,11-14H2,1-3H3/t19-/m0/s1. The van der Waals surface area contributed by atoms with E-state index in [0.717, 1.165) is 37.4 Å². The molecule has 0 radical (unpaired) electrons. The first-order valence-electron chi connectivity index (χ1n) is 9.39. The number of aromatic nitrogens is 2. The van der Waals surface area contributed by atoms with Crippen LogP contribution in [0.1, 0.15) is 52.7 Å². The van der Waals surface area contributed by atoms with Gasteiger partial charge in [-0.2, -0.15) is 0 Å². The van der Waals surface area contributed by atoms with Gasteiger partial charge >= 0.3 is 0 Å². The fourth-order valence-electron chi connectivity index (χ4n) is 3.56. The van der Waals surface area contributed by atoms with Gasteiger partial charge in [0.1, 0.15) is 5.82 Å². The molecular formula is C21H28N4O. The van der Waals surface area contributed by atoms with Crippen molar-refractivity contribution in [2.75, 3.05) is 27.2 Å². The highest BCUT2D eigenvalue weighted by atomic mass is 16.2. The molecule has 0 aliphatic carbocycles. The minimum absolute atomic E-state index is 0.0429. The van der Waals surface area contributed by atoms with E-state index in [-0.39, 0.29) is 11.9 Å². The molecule has 0 N–H and O–H groups in total. The maximum absolute atomic E-state index is 12.2. The van der Waals surface area contributed by atoms with Gasteiger partial charge in [0.2, 0.25) is 0 Å². The lowest BCUT2D eigenvalue weighted by Crippen LogP contribution is -2.36. The molecule has 0 unspecified atom stereocenters. The van der Waals surface area contributed by atoms with Gasteiger partial charge in [-0.15, -0.1) is 0 Å². The monoisotopic (exact) mass is 352 g/mol. The van der Waals surface area contributed by atoms with Crippen LogP contribution in [0.5, 0.6) is 0 Å². The number of rotatable bonds is 5. The highest BCUT2D eigenvalue weighted by Gasteiger charge is 2.27. The number of aryl methyl sites for hydroxylation is 1. The topological polar surface area (TPSA) is 49.3 Å². The van der Waals surface area contributed by atoms with Crippen LogP contribution in [-0.2, 0) is 6.42 Å². The normalized spacial score (nSPS) is 17.9. The quantitative estimate of drug-likeness (QED) is 0.829. The number of nitrogens with zero attached hydrogens (tertiary/aromatic N) is 4. The van der Waals surface area contributed by atoms with Gasteiger partial charge in [0, 0.05) is 26.8 Å². The molecule has 3 rings (SSSR count). The molecule has 5 heteroatoms. The molecule has 1 aromatic carbocycles. The van der Waals surface area contributed by atoms with Crippen molar-refractivity contribution in [3.63, 3.8) is 0 Å². The van der Waals surface area contributed by atoms with Gasteiger partial charge in [0.05, 0.1) is 17.3 Å². The second kappa shape index (κ2) is 8.41. The maximum Gasteiger partial charge on any atom is 0.256 e. The molecule has 5 nitrogen and oxygen atoms in total. The van der Waals surface area contributed by atoms with Gasteiger partial charge in [0.15, 0.2) is 0 Å². The minimum Gasteiger partial charge on any atom is -0.345 e. The van der Waals surface area contributed by atoms with Crippen LogP contribution in [0.15, 0.2) is 36.5 Å². The molecular weight excluding hydrogens is 324 g/mol. The summed E-state index contributed by atoms with van der Waals surface area (Å²) in [6.45, 7) is 3.99. The van der Waals surface area contributed by atoms with E-state index in [4.69, 9.17) is 4.98 Å². The minimum atomic E-state index is -0.0429. The van der Waals surface area contributed by atoms with Crippen molar-refractivity contribution >= 4 is 5.91 Å². The summed E-state index contributed by atoms with van der Waals surface area (Å²) in [5.41, 5.74) is 2.72. The summed E-state index contributed by atoms with van der Waals surface area (Å²) in [5, 5.41) is 0. The number of carbonyl (C=O) groups excluding carboxylic acids is 1. The molecule has 0 bridgehead atoms. The van der Waals surface area contributed by atoms with E-state index in [1.54, 1.807) is 25.2 Å². The summed E-state index contributed by atoms with van der Waals surface area (Å²) in [7, 11) is 3.50. The van der Waals surface area contributed by atoms with Gasteiger partial charge < -0.3 is 4.90 Å². The largest absolute Gasteiger partial charge is 0.345 e. The third-order valence-corrected chi connectivity index (χ3v) is 5.08. The van der Waals surface area contributed by atoms with Crippen LogP contribution < -0.4 is 0 Å². The average Bonchev–Trinajstić information content (AvgIpc) is 2.66. The van der Waals surface area contributed by atoms with Crippen molar-refractivity contribution < 1.29 is 4.79 Å². The van der Waals surface area contributed by atoms with Crippen LogP contribution in [-0.4, -0.2) is 52.9 Å². The van der Waals surface area contributed by atoms with Crippen LogP contribution in [0.25, 0.3) is 0 Å². The summed E-state index contributed by atoms with van der Waals surface area (Å²) < 4.78 is 0. The third kappa shape index (κ3) is 4.28. The van der Waals surface area contributed by atoms with Crippen molar-refractivity contribution in [2.45, 2.75) is 38.6 Å². The second-order valence-electron chi connectivity index (χ2n) is 7.21. The van der Waals surface area contributed by atoms with E-state index in [2.05, 4.69) is 40.2 Å². The van der Waals surface area contributed by atoms with E-state index in [1.807, 2.05) is 6.92 Å². The van der Waals surface area contributed by atoms with Gasteiger partial charge in [-0.1, -0.05) is 36.8 Å². The van der Waals surface area contributed by atoms with Crippen LogP contribution in [0.3, 0.4) is 0 Å². The number of carbonyl (C=O) groups is 1. The Hall–Kier alpha value is -2.27. The summed E-state index contributed by atoms with van der Waals surface area (Å²) in [5.74, 6) is 0.809. The Morgan fingerprint density at radius 1 is 1.23 bits per heavy atom. The van der Waals surface area contributed by atoms with Crippen LogP contribution in [0.4, 0.5) is 0 Å². The first-order chi connectivity index (χ1) is 12.6. The SMILES string of the molecule is Cc1nc([C@@H]2CCCCN2CCc2ccccc2)ncc1C(=O)N(C)C. The molecule has 2 heterocycles. The molecule has 2 aromatic rings. The third-order valence-electron chi connectivity index (χ3n) is 5.08. The average molecular weight is 352 g/mol. The molecule has 1 fully saturated rings. The number of hydrogen-bond acceptors (Lipinski definition) is 4. The first kappa shape index (κ1) is 18.5. The lowest BCUT2D eigenvalue weighted by atomic mass is 10.00. The predicted octanol–water partition coefficient (Wildman–Crippen LogP) is 3.26. The number of benzene rings is 1. The number of amides is 1. The lowest BCUT2D eigenvalue weighted by Gasteiger charge is -2.34. The Morgan fingerprint density at radius 2 is 2.00 bits per heavy atom. The molecule has 0 spiro atoms. The van der Waals surface area contributed by atoms with Crippen molar-refractivity contribution in [3.05, 3.63) is 59.2 Å². The van der Waals surface area contributed by atoms with Crippen molar-refractivity contribution in [3.8, 4) is 0 Å². The molecule has 1 atom stereocenters. The van der Waals surface area contributed by atoms with Gasteiger partial charge in [-0.25, -0.2) is 9.97 Å². The zero-order valence-corrected chi connectivity index (χ0v) is 16.0. The molecule has 1 saturated heterocycles. The number of hydrogen-bond donors (Lipinski definition) is 0. The van der Waals surface area contributed by atoms with Gasteiger partial charge in [-0.3, -0.25) is 9.69 Å². The van der Waals surface area contributed by atoms with Crippen LogP contribution in [0.2, 0.25) is 0 Å². The highest BCUT2D eigenvalue weighted by Crippen LogP contribution is 2.29. The first-order valence-corrected chi connectivity index (χ1v) is 9.39. The van der Waals surface area contributed by atoms with Gasteiger partial charge in [0.25, 0.3) is 5.91 Å². The van der Waals surface area contributed by atoms with E-state index in [1.165, 1.54) is 18.4 Å². The van der Waals surface area contributed by atoms with E-state index >= 15 is 0 Å². The molecule has 1 aliphatic heterocycles. The summed E-state index contributed by atoms with van der Waals surface area (Å²) in [6, 6.07) is 10.9. The Bertz CT molecular complexity index is 745. The fourth-order valence-corrected chi connectivity index (χ4v) is 3.56. The van der Waals surface area contributed by atoms with Gasteiger partial charge in [-0.05, 0) is 38.3 Å². The van der Waals surface area contributed by atoms with Crippen LogP contribution >= 0.6 is 0 Å². The van der Waals surface area contributed by atoms with Crippen molar-refractivity contribution in [1.29, 1.82) is 0 Å². The Kier molecular flexibility index (Phi) is 5.99. The van der Waals surface area contributed by atoms with Crippen LogP contribution in [0, 0.1) is 6.92 Å². The highest BCUT2D eigenvalue weighted by molar-refractivity contribution is 5.94. The van der Waals surface area contributed by atoms with E-state index in [9.17, 15) is 4.79 Å². The molecule has 26 heavy (non-hydrogen) atoms. The lowest BCUT2D eigenvalue weighted by molar-refractivity contribution is 0.0825. The molecule has 1 amide bonds. The summed E-state index contributed by atoms with van der Waals surface area (Å²) in [6.07, 6.45) is 6.24. The van der Waals surface area contributed by atoms with Crippen molar-refractivity contribution in [2.24, 2.45) is 0 Å². The molecule has 0 saturated carbocycles. The fraction of sp³-hybridized carbons (Fsp3) is 0.476. The Balaban J connectivity index is 1.75. The summed E-state index contributed by atoms with van der Waals surface area (Å²) in [4.78, 5) is 25.6. The Labute approximate surface area is 156 Å². The number of likely N-dealkylation sites (tertiary alicyclic amines) is 1. The zero-order chi connectivity index (χ0) is 18.5. The number of piperidine rings is 1. The smallest absolute Gasteiger partial charge is 0.256 e. The summed E-state index contributed by atoms with van der Waals surface area (Å²) >= 11 is 0. The zero-order valence-electron chi connectivity index (χ0n) is 16.0. The molecule has 1 aliphatic rings. The van der Waals surface area contributed by atoms with E-state index in [0.29, 0.717) is 5.56 Å². The molecule has 138 valence electrons. The maximum atomic E-state index is 12.2.